The zero-order valence-electron chi connectivity index (χ0n) is 32.1. The first-order valence-corrected chi connectivity index (χ1v) is 20.2. The lowest BCUT2D eigenvalue weighted by atomic mass is 10.0. The van der Waals surface area contributed by atoms with Crippen LogP contribution in [0.4, 0.5) is 17.1 Å². The molecule has 59 heavy (non-hydrogen) atoms. The molecule has 2 aromatic heterocycles. The van der Waals surface area contributed by atoms with Gasteiger partial charge in [-0.2, -0.15) is 0 Å². The standard InChI is InChI=1S/C56H36N2O/c1-3-11-41-33-47(29-21-37(41)9-1)57(46-27-19-40(20-28-46)44-24-32-56-52(36-44)50-14-6-8-16-55(50)59-56)45-25-17-39(18-26-45)43-23-31-54-51(35-43)49-13-5-7-15-53(49)58(54)48-30-22-38-10-2-4-12-42(38)34-48/h1-36H. The fourth-order valence-electron chi connectivity index (χ4n) is 9.02. The molecular formula is C56H36N2O. The van der Waals surface area contributed by atoms with E-state index in [1.54, 1.807) is 0 Å². The Morgan fingerprint density at radius 1 is 0.305 bits per heavy atom. The Balaban J connectivity index is 0.927. The van der Waals surface area contributed by atoms with E-state index in [0.29, 0.717) is 0 Å². The number of aromatic nitrogens is 1. The largest absolute Gasteiger partial charge is 0.456 e. The molecule has 0 bridgehead atoms. The van der Waals surface area contributed by atoms with Crippen LogP contribution in [0.1, 0.15) is 0 Å². The van der Waals surface area contributed by atoms with Crippen LogP contribution in [0.2, 0.25) is 0 Å². The molecule has 12 rings (SSSR count). The van der Waals surface area contributed by atoms with Gasteiger partial charge < -0.3 is 13.9 Å². The van der Waals surface area contributed by atoms with Crippen molar-refractivity contribution in [3.05, 3.63) is 218 Å². The molecule has 0 radical (unpaired) electrons. The highest BCUT2D eigenvalue weighted by atomic mass is 16.3. The number of hydrogen-bond acceptors (Lipinski definition) is 2. The molecular weight excluding hydrogens is 717 g/mol. The summed E-state index contributed by atoms with van der Waals surface area (Å²) in [5.74, 6) is 0. The summed E-state index contributed by atoms with van der Waals surface area (Å²) < 4.78 is 8.51. The van der Waals surface area contributed by atoms with Crippen LogP contribution in [-0.2, 0) is 0 Å². The van der Waals surface area contributed by atoms with Crippen LogP contribution < -0.4 is 4.90 Å². The number of furan rings is 1. The van der Waals surface area contributed by atoms with Crippen molar-refractivity contribution in [2.75, 3.05) is 4.90 Å². The number of hydrogen-bond donors (Lipinski definition) is 0. The molecule has 2 heterocycles. The minimum absolute atomic E-state index is 0.908. The number of rotatable bonds is 6. The number of benzene rings is 10. The fourth-order valence-corrected chi connectivity index (χ4v) is 9.02. The Bertz CT molecular complexity index is 3550. The molecule has 0 fully saturated rings. The third-order valence-electron chi connectivity index (χ3n) is 11.9. The van der Waals surface area contributed by atoms with Gasteiger partial charge in [-0.05, 0) is 129 Å². The number of nitrogens with zero attached hydrogens (tertiary/aromatic N) is 2. The Labute approximate surface area is 341 Å². The topological polar surface area (TPSA) is 21.3 Å². The summed E-state index contributed by atoms with van der Waals surface area (Å²) in [5, 5.41) is 9.68. The van der Waals surface area contributed by atoms with Crippen LogP contribution in [0.5, 0.6) is 0 Å². The Morgan fingerprint density at radius 2 is 0.814 bits per heavy atom. The number of para-hydroxylation sites is 2. The molecule has 0 amide bonds. The van der Waals surface area contributed by atoms with Crippen LogP contribution >= 0.6 is 0 Å². The molecule has 0 atom stereocenters. The van der Waals surface area contributed by atoms with E-state index in [2.05, 4.69) is 216 Å². The summed E-state index contributed by atoms with van der Waals surface area (Å²) in [7, 11) is 0. The summed E-state index contributed by atoms with van der Waals surface area (Å²) >= 11 is 0. The highest BCUT2D eigenvalue weighted by Gasteiger charge is 2.17. The third-order valence-corrected chi connectivity index (χ3v) is 11.9. The minimum atomic E-state index is 0.908. The second-order valence-electron chi connectivity index (χ2n) is 15.4. The molecule has 0 N–H and O–H groups in total. The summed E-state index contributed by atoms with van der Waals surface area (Å²) in [5.41, 5.74) is 13.4. The molecule has 3 nitrogen and oxygen atoms in total. The van der Waals surface area contributed by atoms with Gasteiger partial charge in [0.15, 0.2) is 0 Å². The molecule has 0 aliphatic rings. The molecule has 0 spiro atoms. The van der Waals surface area contributed by atoms with Crippen molar-refractivity contribution in [2.24, 2.45) is 0 Å². The zero-order chi connectivity index (χ0) is 38.9. The lowest BCUT2D eigenvalue weighted by Gasteiger charge is -2.26. The number of anilines is 3. The Morgan fingerprint density at radius 3 is 1.54 bits per heavy atom. The highest BCUT2D eigenvalue weighted by Crippen LogP contribution is 2.40. The molecule has 0 unspecified atom stereocenters. The zero-order valence-corrected chi connectivity index (χ0v) is 32.1. The van der Waals surface area contributed by atoms with Crippen LogP contribution in [0.3, 0.4) is 0 Å². The first-order valence-electron chi connectivity index (χ1n) is 20.2. The van der Waals surface area contributed by atoms with Crippen molar-refractivity contribution >= 4 is 82.4 Å². The summed E-state index contributed by atoms with van der Waals surface area (Å²) in [4.78, 5) is 2.35. The van der Waals surface area contributed by atoms with Gasteiger partial charge in [0.2, 0.25) is 0 Å². The SMILES string of the molecule is c1ccc2cc(N(c3ccc(-c4ccc5oc6ccccc6c5c4)cc3)c3ccc(-c4ccc5c(c4)c4ccccc4n5-c4ccc5ccccc5c4)cc3)ccc2c1. The van der Waals surface area contributed by atoms with Crippen molar-refractivity contribution in [1.82, 2.24) is 4.57 Å². The van der Waals surface area contributed by atoms with E-state index in [1.165, 1.54) is 60.2 Å². The summed E-state index contributed by atoms with van der Waals surface area (Å²) in [6.45, 7) is 0. The highest BCUT2D eigenvalue weighted by molar-refractivity contribution is 6.11. The Hall–Kier alpha value is -7.88. The average molecular weight is 753 g/mol. The van der Waals surface area contributed by atoms with Crippen molar-refractivity contribution in [1.29, 1.82) is 0 Å². The quantitative estimate of drug-likeness (QED) is 0.169. The number of fused-ring (bicyclic) bond motifs is 8. The van der Waals surface area contributed by atoms with E-state index in [-0.39, 0.29) is 0 Å². The van der Waals surface area contributed by atoms with Crippen molar-refractivity contribution < 1.29 is 4.42 Å². The maximum atomic E-state index is 6.12. The molecule has 276 valence electrons. The second kappa shape index (κ2) is 13.4. The van der Waals surface area contributed by atoms with Crippen molar-refractivity contribution in [2.45, 2.75) is 0 Å². The minimum Gasteiger partial charge on any atom is -0.456 e. The first kappa shape index (κ1) is 33.3. The first-order chi connectivity index (χ1) is 29.2. The van der Waals surface area contributed by atoms with E-state index in [1.807, 2.05) is 12.1 Å². The molecule has 0 aliphatic carbocycles. The predicted molar refractivity (Wildman–Crippen MR) is 249 cm³/mol. The van der Waals surface area contributed by atoms with Crippen LogP contribution in [-0.4, -0.2) is 4.57 Å². The molecule has 12 aromatic rings. The van der Waals surface area contributed by atoms with Crippen LogP contribution in [0.25, 0.3) is 93.2 Å². The summed E-state index contributed by atoms with van der Waals surface area (Å²) in [6, 6.07) is 78.9. The molecule has 0 aliphatic heterocycles. The lowest BCUT2D eigenvalue weighted by Crippen LogP contribution is -2.09. The van der Waals surface area contributed by atoms with Crippen molar-refractivity contribution in [3.8, 4) is 27.9 Å². The van der Waals surface area contributed by atoms with Crippen LogP contribution in [0, 0.1) is 0 Å². The normalized spacial score (nSPS) is 11.7. The third kappa shape index (κ3) is 5.59. The van der Waals surface area contributed by atoms with Gasteiger partial charge in [-0.25, -0.2) is 0 Å². The van der Waals surface area contributed by atoms with Gasteiger partial charge in [0, 0.05) is 44.3 Å². The van der Waals surface area contributed by atoms with Gasteiger partial charge in [-0.3, -0.25) is 0 Å². The van der Waals surface area contributed by atoms with Gasteiger partial charge in [0.25, 0.3) is 0 Å². The molecule has 0 saturated heterocycles. The second-order valence-corrected chi connectivity index (χ2v) is 15.4. The predicted octanol–water partition coefficient (Wildman–Crippen LogP) is 15.8. The van der Waals surface area contributed by atoms with E-state index >= 15 is 0 Å². The monoisotopic (exact) mass is 752 g/mol. The average Bonchev–Trinajstić information content (AvgIpc) is 3.84. The van der Waals surface area contributed by atoms with E-state index in [0.717, 1.165) is 50.1 Å². The maximum Gasteiger partial charge on any atom is 0.135 e. The van der Waals surface area contributed by atoms with Gasteiger partial charge in [-0.15, -0.1) is 0 Å². The smallest absolute Gasteiger partial charge is 0.135 e. The summed E-state index contributed by atoms with van der Waals surface area (Å²) in [6.07, 6.45) is 0. The Kier molecular flexibility index (Phi) is 7.54. The van der Waals surface area contributed by atoms with E-state index < -0.39 is 0 Å². The van der Waals surface area contributed by atoms with Gasteiger partial charge in [0.1, 0.15) is 11.2 Å². The lowest BCUT2D eigenvalue weighted by molar-refractivity contribution is 0.669. The van der Waals surface area contributed by atoms with E-state index in [9.17, 15) is 0 Å². The molecule has 10 aromatic carbocycles. The molecule has 0 saturated carbocycles. The fraction of sp³-hybridized carbons (Fsp3) is 0. The van der Waals surface area contributed by atoms with Gasteiger partial charge in [0.05, 0.1) is 11.0 Å². The maximum absolute atomic E-state index is 6.12. The van der Waals surface area contributed by atoms with Gasteiger partial charge >= 0.3 is 0 Å². The van der Waals surface area contributed by atoms with Gasteiger partial charge in [-0.1, -0.05) is 133 Å². The van der Waals surface area contributed by atoms with E-state index in [4.69, 9.17) is 4.42 Å². The molecule has 3 heteroatoms. The van der Waals surface area contributed by atoms with Crippen molar-refractivity contribution in [3.63, 3.8) is 0 Å². The van der Waals surface area contributed by atoms with Crippen LogP contribution in [0.15, 0.2) is 223 Å².